The van der Waals surface area contributed by atoms with Crippen LogP contribution in [0, 0.1) is 16.0 Å². The summed E-state index contributed by atoms with van der Waals surface area (Å²) in [5, 5.41) is 22.4. The van der Waals surface area contributed by atoms with Crippen LogP contribution in [0.25, 0.3) is 11.1 Å². The Morgan fingerprint density at radius 3 is 2.24 bits per heavy atom. The number of nitrogens with zero attached hydrogens (tertiary/aromatic N) is 1. The van der Waals surface area contributed by atoms with Gasteiger partial charge in [-0.25, -0.2) is 9.59 Å². The largest absolute Gasteiger partial charge is 0.480 e. The lowest BCUT2D eigenvalue weighted by Gasteiger charge is -2.17. The molecule has 0 saturated heterocycles. The van der Waals surface area contributed by atoms with Gasteiger partial charge in [0.2, 0.25) is 6.04 Å². The van der Waals surface area contributed by atoms with E-state index in [-0.39, 0.29) is 24.9 Å². The van der Waals surface area contributed by atoms with Gasteiger partial charge in [-0.2, -0.15) is 0 Å². The summed E-state index contributed by atoms with van der Waals surface area (Å²) in [6.07, 6.45) is -0.480. The molecule has 1 saturated carbocycles. The predicted molar refractivity (Wildman–Crippen MR) is 103 cm³/mol. The number of ether oxygens (including phenoxy) is 1. The fraction of sp³-hybridized carbons (Fsp3) is 0.333. The van der Waals surface area contributed by atoms with Gasteiger partial charge in [0.25, 0.3) is 0 Å². The Hall–Kier alpha value is -3.42. The Kier molecular flexibility index (Phi) is 4.92. The second-order valence-corrected chi connectivity index (χ2v) is 7.44. The van der Waals surface area contributed by atoms with Crippen molar-refractivity contribution in [3.05, 3.63) is 69.8 Å². The van der Waals surface area contributed by atoms with Crippen LogP contribution >= 0.6 is 0 Å². The quantitative estimate of drug-likeness (QED) is 0.548. The number of carbonyl (C=O) groups excluding carboxylic acids is 1. The van der Waals surface area contributed by atoms with Crippen LogP contribution in [-0.4, -0.2) is 40.8 Å². The molecule has 3 atom stereocenters. The maximum atomic E-state index is 12.2. The van der Waals surface area contributed by atoms with Crippen molar-refractivity contribution in [3.8, 4) is 11.1 Å². The van der Waals surface area contributed by atoms with Gasteiger partial charge in [0.1, 0.15) is 12.6 Å². The number of amides is 1. The van der Waals surface area contributed by atoms with Crippen molar-refractivity contribution in [2.75, 3.05) is 6.61 Å². The van der Waals surface area contributed by atoms with Crippen molar-refractivity contribution in [1.29, 1.82) is 0 Å². The molecule has 0 unspecified atom stereocenters. The Balaban J connectivity index is 1.39. The van der Waals surface area contributed by atoms with Crippen LogP contribution in [0.15, 0.2) is 48.5 Å². The van der Waals surface area contributed by atoms with Crippen molar-refractivity contribution in [3.63, 3.8) is 0 Å². The van der Waals surface area contributed by atoms with E-state index >= 15 is 0 Å². The summed E-state index contributed by atoms with van der Waals surface area (Å²) < 4.78 is 5.35. The normalized spacial score (nSPS) is 20.3. The number of fused-ring (bicyclic) bond motifs is 3. The maximum Gasteiger partial charge on any atom is 0.407 e. The van der Waals surface area contributed by atoms with E-state index in [4.69, 9.17) is 4.74 Å². The van der Waals surface area contributed by atoms with Gasteiger partial charge in [0.15, 0.2) is 0 Å². The fourth-order valence-electron chi connectivity index (χ4n) is 4.05. The first kappa shape index (κ1) is 18.9. The monoisotopic (exact) mass is 396 g/mol. The summed E-state index contributed by atoms with van der Waals surface area (Å²) in [5.74, 6) is -1.69. The first-order chi connectivity index (χ1) is 14.0. The molecular formula is C21H20N2O6. The third kappa shape index (κ3) is 3.78. The molecule has 0 radical (unpaired) electrons. The molecule has 4 rings (SSSR count). The van der Waals surface area contributed by atoms with Gasteiger partial charge >= 0.3 is 12.1 Å². The minimum atomic E-state index is -1.23. The number of hydrogen-bond donors (Lipinski definition) is 2. The lowest BCUT2D eigenvalue weighted by Crippen LogP contribution is -2.42. The minimum Gasteiger partial charge on any atom is -0.480 e. The highest BCUT2D eigenvalue weighted by atomic mass is 16.6. The van der Waals surface area contributed by atoms with Crippen LogP contribution in [0.2, 0.25) is 0 Å². The molecule has 0 heterocycles. The Morgan fingerprint density at radius 1 is 1.14 bits per heavy atom. The molecule has 8 heteroatoms. The summed E-state index contributed by atoms with van der Waals surface area (Å²) in [6, 6.07) is 13.9. The van der Waals surface area contributed by atoms with Crippen LogP contribution < -0.4 is 5.32 Å². The topological polar surface area (TPSA) is 119 Å². The number of carbonyl (C=O) groups is 2. The Bertz CT molecular complexity index is 930. The molecule has 0 bridgehead atoms. The molecule has 1 amide bonds. The molecular weight excluding hydrogens is 376 g/mol. The van der Waals surface area contributed by atoms with E-state index in [0.717, 1.165) is 22.3 Å². The second-order valence-electron chi connectivity index (χ2n) is 7.44. The highest BCUT2D eigenvalue weighted by Crippen LogP contribution is 2.44. The Morgan fingerprint density at radius 2 is 1.72 bits per heavy atom. The molecule has 2 aliphatic carbocycles. The average Bonchev–Trinajstić information content (AvgIpc) is 3.41. The summed E-state index contributed by atoms with van der Waals surface area (Å²) in [5.41, 5.74) is 4.31. The van der Waals surface area contributed by atoms with Crippen molar-refractivity contribution < 1.29 is 24.4 Å². The van der Waals surface area contributed by atoms with Crippen molar-refractivity contribution in [2.24, 2.45) is 5.92 Å². The van der Waals surface area contributed by atoms with Crippen LogP contribution in [-0.2, 0) is 9.53 Å². The van der Waals surface area contributed by atoms with E-state index in [2.05, 4.69) is 5.32 Å². The highest BCUT2D eigenvalue weighted by molar-refractivity contribution is 5.81. The van der Waals surface area contributed by atoms with Gasteiger partial charge < -0.3 is 15.2 Å². The van der Waals surface area contributed by atoms with E-state index in [1.165, 1.54) is 0 Å². The molecule has 2 aromatic carbocycles. The van der Waals surface area contributed by atoms with Crippen LogP contribution in [0.1, 0.15) is 29.9 Å². The van der Waals surface area contributed by atoms with Gasteiger partial charge in [-0.15, -0.1) is 0 Å². The molecule has 0 aliphatic heterocycles. The van der Waals surface area contributed by atoms with E-state index < -0.39 is 29.1 Å². The number of nitrogens with one attached hydrogen (secondary N) is 1. The second kappa shape index (κ2) is 7.54. The van der Waals surface area contributed by atoms with Gasteiger partial charge in [-0.3, -0.25) is 10.1 Å². The average molecular weight is 396 g/mol. The van der Waals surface area contributed by atoms with E-state index in [9.17, 15) is 24.8 Å². The molecule has 150 valence electrons. The summed E-state index contributed by atoms with van der Waals surface area (Å²) in [6.45, 7) is 0.0765. The zero-order valence-electron chi connectivity index (χ0n) is 15.5. The van der Waals surface area contributed by atoms with Crippen molar-refractivity contribution in [1.82, 2.24) is 5.32 Å². The lowest BCUT2D eigenvalue weighted by atomic mass is 9.98. The number of rotatable bonds is 7. The summed E-state index contributed by atoms with van der Waals surface area (Å²) >= 11 is 0. The van der Waals surface area contributed by atoms with Gasteiger partial charge in [0, 0.05) is 23.2 Å². The number of aliphatic carboxylic acids is 1. The number of hydrogen-bond acceptors (Lipinski definition) is 5. The SMILES string of the molecule is O=C(N[C@H](C[C@@H]1C[C@H]1[N+](=O)[O-])C(=O)O)OCC1c2ccccc2-c2ccccc21. The van der Waals surface area contributed by atoms with Gasteiger partial charge in [-0.05, 0) is 28.7 Å². The molecule has 2 aliphatic rings. The third-order valence-corrected chi connectivity index (χ3v) is 5.63. The molecule has 2 aromatic rings. The van der Waals surface area contributed by atoms with Crippen molar-refractivity contribution >= 4 is 12.1 Å². The highest BCUT2D eigenvalue weighted by Gasteiger charge is 2.50. The van der Waals surface area contributed by atoms with Crippen LogP contribution in [0.3, 0.4) is 0 Å². The Labute approximate surface area is 166 Å². The zero-order chi connectivity index (χ0) is 20.5. The molecule has 2 N–H and O–H groups in total. The number of carboxylic acids is 1. The first-order valence-corrected chi connectivity index (χ1v) is 9.43. The number of alkyl carbamates (subject to hydrolysis) is 1. The predicted octanol–water partition coefficient (Wildman–Crippen LogP) is 3.03. The van der Waals surface area contributed by atoms with E-state index in [1.807, 2.05) is 48.5 Å². The van der Waals surface area contributed by atoms with Gasteiger partial charge in [0.05, 0.1) is 0 Å². The standard InChI is InChI=1S/C21H20N2O6/c24-20(25)18(9-12-10-19(12)23(27)28)22-21(26)29-11-17-15-7-3-1-5-13(15)14-6-2-4-8-16(14)17/h1-8,12,17-19H,9-11H2,(H,22,26)(H,24,25)/t12-,18-,19-/m1/s1. The van der Waals surface area contributed by atoms with Crippen LogP contribution in [0.5, 0.6) is 0 Å². The smallest absolute Gasteiger partial charge is 0.407 e. The summed E-state index contributed by atoms with van der Waals surface area (Å²) in [7, 11) is 0. The minimum absolute atomic E-state index is 0.0190. The molecule has 0 aromatic heterocycles. The molecule has 1 fully saturated rings. The fourth-order valence-corrected chi connectivity index (χ4v) is 4.05. The number of carboxylic acid groups (broad SMARTS) is 1. The van der Waals surface area contributed by atoms with Crippen molar-refractivity contribution in [2.45, 2.75) is 30.8 Å². The molecule has 29 heavy (non-hydrogen) atoms. The molecule has 8 nitrogen and oxygen atoms in total. The third-order valence-electron chi connectivity index (χ3n) is 5.63. The lowest BCUT2D eigenvalue weighted by molar-refractivity contribution is -0.498. The van der Waals surface area contributed by atoms with E-state index in [0.29, 0.717) is 6.42 Å². The van der Waals surface area contributed by atoms with Crippen LogP contribution in [0.4, 0.5) is 4.79 Å². The van der Waals surface area contributed by atoms with Gasteiger partial charge in [-0.1, -0.05) is 48.5 Å². The maximum absolute atomic E-state index is 12.2. The molecule has 0 spiro atoms. The zero-order valence-corrected chi connectivity index (χ0v) is 15.5. The first-order valence-electron chi connectivity index (χ1n) is 9.43. The number of nitro groups is 1. The number of benzene rings is 2. The van der Waals surface area contributed by atoms with E-state index in [1.54, 1.807) is 0 Å². The summed E-state index contributed by atoms with van der Waals surface area (Å²) in [4.78, 5) is 34.0.